The normalized spacial score (nSPS) is 10.1. The van der Waals surface area contributed by atoms with Crippen molar-refractivity contribution in [3.8, 4) is 6.01 Å². The maximum atomic E-state index is 11.4. The minimum atomic E-state index is -0.0103. The molecule has 0 saturated heterocycles. The number of amides is 1. The highest BCUT2D eigenvalue weighted by Crippen LogP contribution is 2.08. The lowest BCUT2D eigenvalue weighted by Gasteiger charge is -2.08. The van der Waals surface area contributed by atoms with Gasteiger partial charge < -0.3 is 21.1 Å². The van der Waals surface area contributed by atoms with Crippen molar-refractivity contribution in [3.05, 3.63) is 0 Å². The highest BCUT2D eigenvalue weighted by atomic mass is 16.5. The number of hydrogen-bond acceptors (Lipinski definition) is 7. The summed E-state index contributed by atoms with van der Waals surface area (Å²) in [5.41, 5.74) is 5.57. The number of nitrogens with two attached hydrogens (primary N) is 1. The third kappa shape index (κ3) is 6.17. The Hall–Kier alpha value is -2.12. The van der Waals surface area contributed by atoms with Gasteiger partial charge in [0.2, 0.25) is 17.8 Å². The van der Waals surface area contributed by atoms with Crippen molar-refractivity contribution in [1.82, 2.24) is 20.3 Å². The number of carbonyl (C=O) groups excluding carboxylic acids is 1. The summed E-state index contributed by atoms with van der Waals surface area (Å²) >= 11 is 0. The number of ether oxygens (including phenoxy) is 1. The second-order valence-electron chi connectivity index (χ2n) is 4.17. The largest absolute Gasteiger partial charge is 0.463 e. The predicted molar refractivity (Wildman–Crippen MR) is 76.4 cm³/mol. The van der Waals surface area contributed by atoms with E-state index in [1.807, 2.05) is 13.8 Å². The van der Waals surface area contributed by atoms with Gasteiger partial charge in [-0.15, -0.1) is 0 Å². The second kappa shape index (κ2) is 8.89. The SMILES string of the molecule is CCCNC(=O)CCNc1nc(N)nc(OCCC)n1. The first kappa shape index (κ1) is 15.9. The van der Waals surface area contributed by atoms with Crippen LogP contribution in [0.2, 0.25) is 0 Å². The summed E-state index contributed by atoms with van der Waals surface area (Å²) in [5, 5.41) is 5.71. The topological polar surface area (TPSA) is 115 Å². The predicted octanol–water partition coefficient (Wildman–Crippen LogP) is 0.571. The van der Waals surface area contributed by atoms with Crippen LogP contribution in [0.5, 0.6) is 6.01 Å². The van der Waals surface area contributed by atoms with Crippen LogP contribution in [0.3, 0.4) is 0 Å². The van der Waals surface area contributed by atoms with Gasteiger partial charge in [-0.1, -0.05) is 13.8 Å². The minimum absolute atomic E-state index is 0.0103. The van der Waals surface area contributed by atoms with Gasteiger partial charge in [0.25, 0.3) is 0 Å². The van der Waals surface area contributed by atoms with Crippen molar-refractivity contribution in [1.29, 1.82) is 0 Å². The number of rotatable bonds is 9. The van der Waals surface area contributed by atoms with Crippen molar-refractivity contribution in [2.75, 3.05) is 30.7 Å². The maximum Gasteiger partial charge on any atom is 0.323 e. The van der Waals surface area contributed by atoms with Gasteiger partial charge in [-0.05, 0) is 12.8 Å². The van der Waals surface area contributed by atoms with Gasteiger partial charge >= 0.3 is 6.01 Å². The summed E-state index contributed by atoms with van der Waals surface area (Å²) in [6.07, 6.45) is 2.12. The fourth-order valence-electron chi connectivity index (χ4n) is 1.35. The van der Waals surface area contributed by atoms with Gasteiger partial charge in [-0.3, -0.25) is 4.79 Å². The Morgan fingerprint density at radius 3 is 2.70 bits per heavy atom. The monoisotopic (exact) mass is 282 g/mol. The standard InChI is InChI=1S/C12H22N6O2/c1-3-6-14-9(19)5-7-15-11-16-10(13)17-12(18-11)20-8-4-2/h3-8H2,1-2H3,(H,14,19)(H3,13,15,16,17,18). The fraction of sp³-hybridized carbons (Fsp3) is 0.667. The number of hydrogen-bond donors (Lipinski definition) is 3. The number of nitrogens with one attached hydrogen (secondary N) is 2. The van der Waals surface area contributed by atoms with Gasteiger partial charge in [-0.2, -0.15) is 15.0 Å². The second-order valence-corrected chi connectivity index (χ2v) is 4.17. The molecule has 0 aromatic carbocycles. The first-order valence-electron chi connectivity index (χ1n) is 6.80. The molecule has 1 rings (SSSR count). The highest BCUT2D eigenvalue weighted by molar-refractivity contribution is 5.76. The fourth-order valence-corrected chi connectivity index (χ4v) is 1.35. The van der Waals surface area contributed by atoms with Gasteiger partial charge in [-0.25, -0.2) is 0 Å². The number of carbonyl (C=O) groups is 1. The molecule has 1 aromatic heterocycles. The van der Waals surface area contributed by atoms with E-state index >= 15 is 0 Å². The third-order valence-electron chi connectivity index (χ3n) is 2.27. The summed E-state index contributed by atoms with van der Waals surface area (Å²) in [6, 6.07) is 0.192. The van der Waals surface area contributed by atoms with Gasteiger partial charge in [0.1, 0.15) is 0 Å². The molecule has 8 nitrogen and oxygen atoms in total. The lowest BCUT2D eigenvalue weighted by molar-refractivity contribution is -0.120. The van der Waals surface area contributed by atoms with Crippen molar-refractivity contribution in [3.63, 3.8) is 0 Å². The van der Waals surface area contributed by atoms with Gasteiger partial charge in [0.05, 0.1) is 6.61 Å². The zero-order valence-corrected chi connectivity index (χ0v) is 12.0. The van der Waals surface area contributed by atoms with E-state index in [1.165, 1.54) is 0 Å². The molecule has 0 aliphatic heterocycles. The van der Waals surface area contributed by atoms with Crippen LogP contribution < -0.4 is 21.1 Å². The first-order valence-corrected chi connectivity index (χ1v) is 6.80. The van der Waals surface area contributed by atoms with Gasteiger partial charge in [0, 0.05) is 19.5 Å². The number of aromatic nitrogens is 3. The molecule has 0 fully saturated rings. The molecule has 0 radical (unpaired) electrons. The van der Waals surface area contributed by atoms with Crippen LogP contribution in [0.4, 0.5) is 11.9 Å². The van der Waals surface area contributed by atoms with Crippen molar-refractivity contribution in [2.45, 2.75) is 33.1 Å². The first-order chi connectivity index (χ1) is 9.65. The minimum Gasteiger partial charge on any atom is -0.463 e. The smallest absolute Gasteiger partial charge is 0.323 e. The maximum absolute atomic E-state index is 11.4. The molecule has 1 aromatic rings. The summed E-state index contributed by atoms with van der Waals surface area (Å²) in [6.45, 7) is 5.61. The molecular weight excluding hydrogens is 260 g/mol. The molecule has 112 valence electrons. The number of nitrogen functional groups attached to an aromatic ring is 1. The quantitative estimate of drug-likeness (QED) is 0.606. The van der Waals surface area contributed by atoms with E-state index < -0.39 is 0 Å². The molecule has 0 bridgehead atoms. The molecule has 0 saturated carbocycles. The molecule has 20 heavy (non-hydrogen) atoms. The molecule has 0 unspecified atom stereocenters. The lowest BCUT2D eigenvalue weighted by Crippen LogP contribution is -2.26. The van der Waals surface area contributed by atoms with Crippen LogP contribution in [0.1, 0.15) is 33.1 Å². The molecule has 1 heterocycles. The molecule has 1 amide bonds. The van der Waals surface area contributed by atoms with Crippen molar-refractivity contribution in [2.24, 2.45) is 0 Å². The van der Waals surface area contributed by atoms with E-state index in [-0.39, 0.29) is 17.9 Å². The van der Waals surface area contributed by atoms with E-state index in [9.17, 15) is 4.79 Å². The van der Waals surface area contributed by atoms with Crippen LogP contribution in [0.25, 0.3) is 0 Å². The van der Waals surface area contributed by atoms with Crippen molar-refractivity contribution >= 4 is 17.8 Å². The van der Waals surface area contributed by atoms with Crippen LogP contribution in [-0.2, 0) is 4.79 Å². The Bertz CT molecular complexity index is 426. The zero-order valence-electron chi connectivity index (χ0n) is 12.0. The Labute approximate surface area is 118 Å². The summed E-state index contributed by atoms with van der Waals surface area (Å²) < 4.78 is 5.30. The average molecular weight is 282 g/mol. The van der Waals surface area contributed by atoms with E-state index in [4.69, 9.17) is 10.5 Å². The Morgan fingerprint density at radius 2 is 2.00 bits per heavy atom. The Morgan fingerprint density at radius 1 is 1.20 bits per heavy atom. The zero-order chi connectivity index (χ0) is 14.8. The molecule has 0 aliphatic carbocycles. The van der Waals surface area contributed by atoms with Gasteiger partial charge in [0.15, 0.2) is 0 Å². The Kier molecular flexibility index (Phi) is 7.08. The van der Waals surface area contributed by atoms with Crippen LogP contribution in [0, 0.1) is 0 Å². The summed E-state index contributed by atoms with van der Waals surface area (Å²) in [7, 11) is 0. The van der Waals surface area contributed by atoms with E-state index in [2.05, 4.69) is 25.6 Å². The lowest BCUT2D eigenvalue weighted by atomic mass is 10.4. The molecule has 8 heteroatoms. The molecular formula is C12H22N6O2. The summed E-state index contributed by atoms with van der Waals surface area (Å²) in [4.78, 5) is 23.3. The molecule has 4 N–H and O–H groups in total. The number of nitrogens with zero attached hydrogens (tertiary/aromatic N) is 3. The Balaban J connectivity index is 2.42. The van der Waals surface area contributed by atoms with E-state index in [0.29, 0.717) is 32.1 Å². The molecule has 0 aliphatic rings. The molecule has 0 atom stereocenters. The van der Waals surface area contributed by atoms with E-state index in [1.54, 1.807) is 0 Å². The average Bonchev–Trinajstić information content (AvgIpc) is 2.42. The van der Waals surface area contributed by atoms with Crippen LogP contribution in [-0.4, -0.2) is 40.6 Å². The van der Waals surface area contributed by atoms with Crippen LogP contribution >= 0.6 is 0 Å². The van der Waals surface area contributed by atoms with Crippen LogP contribution in [0.15, 0.2) is 0 Å². The number of anilines is 2. The molecule has 0 spiro atoms. The highest BCUT2D eigenvalue weighted by Gasteiger charge is 2.06. The summed E-state index contributed by atoms with van der Waals surface area (Å²) in [5.74, 6) is 0.389. The van der Waals surface area contributed by atoms with Crippen molar-refractivity contribution < 1.29 is 9.53 Å². The van der Waals surface area contributed by atoms with E-state index in [0.717, 1.165) is 12.8 Å². The third-order valence-corrected chi connectivity index (χ3v) is 2.27.